The molecule has 2 aromatic heterocycles. The van der Waals surface area contributed by atoms with Crippen molar-refractivity contribution in [1.29, 1.82) is 0 Å². The highest BCUT2D eigenvalue weighted by atomic mass is 32.1. The highest BCUT2D eigenvalue weighted by molar-refractivity contribution is 7.13. The van der Waals surface area contributed by atoms with E-state index in [1.807, 2.05) is 17.5 Å². The van der Waals surface area contributed by atoms with Crippen LogP contribution < -0.4 is 10.1 Å². The summed E-state index contributed by atoms with van der Waals surface area (Å²) in [6.07, 6.45) is 0. The van der Waals surface area contributed by atoms with Crippen LogP contribution in [0.4, 0.5) is 5.69 Å². The van der Waals surface area contributed by atoms with Gasteiger partial charge in [0, 0.05) is 5.69 Å². The molecule has 1 aromatic carbocycles. The minimum Gasteiger partial charge on any atom is -0.482 e. The number of amides is 1. The molecular weight excluding hydrogens is 356 g/mol. The van der Waals surface area contributed by atoms with Crippen LogP contribution in [0.3, 0.4) is 0 Å². The fourth-order valence-corrected chi connectivity index (χ4v) is 2.79. The second kappa shape index (κ2) is 7.83. The first-order valence-electron chi connectivity index (χ1n) is 7.69. The number of esters is 1. The highest BCUT2D eigenvalue weighted by Crippen LogP contribution is 2.26. The molecule has 0 radical (unpaired) electrons. The van der Waals surface area contributed by atoms with Gasteiger partial charge in [-0.2, -0.15) is 0 Å². The third-order valence-electron chi connectivity index (χ3n) is 3.44. The molecule has 0 saturated heterocycles. The van der Waals surface area contributed by atoms with Crippen molar-refractivity contribution < 1.29 is 23.5 Å². The quantitative estimate of drug-likeness (QED) is 0.666. The van der Waals surface area contributed by atoms with Gasteiger partial charge >= 0.3 is 5.97 Å². The molecule has 0 aliphatic heterocycles. The molecule has 0 spiro atoms. The van der Waals surface area contributed by atoms with Gasteiger partial charge in [0.05, 0.1) is 12.0 Å². The van der Waals surface area contributed by atoms with E-state index in [2.05, 4.69) is 15.0 Å². The van der Waals surface area contributed by atoms with Crippen LogP contribution in [0.2, 0.25) is 0 Å². The van der Waals surface area contributed by atoms with Gasteiger partial charge in [-0.3, -0.25) is 4.79 Å². The molecule has 3 aromatic rings. The summed E-state index contributed by atoms with van der Waals surface area (Å²) in [6, 6.07) is 10.4. The zero-order chi connectivity index (χ0) is 18.5. The molecule has 1 amide bonds. The maximum absolute atomic E-state index is 12.4. The molecule has 0 fully saturated rings. The summed E-state index contributed by atoms with van der Waals surface area (Å²) in [6.45, 7) is 1.52. The number of methoxy groups -OCH3 is 1. The molecule has 0 bridgehead atoms. The highest BCUT2D eigenvalue weighted by Gasteiger charge is 2.18. The molecule has 0 unspecified atom stereocenters. The van der Waals surface area contributed by atoms with Gasteiger partial charge in [0.1, 0.15) is 11.5 Å². The van der Waals surface area contributed by atoms with Gasteiger partial charge in [0.2, 0.25) is 5.89 Å². The maximum Gasteiger partial charge on any atom is 0.343 e. The molecule has 8 heteroatoms. The van der Waals surface area contributed by atoms with Crippen LogP contribution in [-0.2, 0) is 9.53 Å². The van der Waals surface area contributed by atoms with E-state index in [9.17, 15) is 9.59 Å². The number of rotatable bonds is 6. The monoisotopic (exact) mass is 372 g/mol. The van der Waals surface area contributed by atoms with Crippen molar-refractivity contribution in [3.63, 3.8) is 0 Å². The smallest absolute Gasteiger partial charge is 0.343 e. The predicted molar refractivity (Wildman–Crippen MR) is 96.5 cm³/mol. The SMILES string of the molecule is COC(=O)COc1ccc(NC(=O)c2nc(-c3cccs3)oc2C)cc1. The van der Waals surface area contributed by atoms with Gasteiger partial charge in [0.25, 0.3) is 5.91 Å². The normalized spacial score (nSPS) is 10.4. The van der Waals surface area contributed by atoms with E-state index in [4.69, 9.17) is 9.15 Å². The third-order valence-corrected chi connectivity index (χ3v) is 4.30. The third kappa shape index (κ3) is 4.09. The first-order valence-corrected chi connectivity index (χ1v) is 8.57. The van der Waals surface area contributed by atoms with Crippen molar-refractivity contribution in [2.24, 2.45) is 0 Å². The topological polar surface area (TPSA) is 90.7 Å². The molecule has 3 rings (SSSR count). The number of oxazole rings is 1. The second-order valence-corrected chi connectivity index (χ2v) is 6.19. The Labute approximate surface area is 153 Å². The van der Waals surface area contributed by atoms with E-state index >= 15 is 0 Å². The number of carbonyl (C=O) groups excluding carboxylic acids is 2. The minimum absolute atomic E-state index is 0.175. The van der Waals surface area contributed by atoms with Crippen molar-refractivity contribution in [3.05, 3.63) is 53.2 Å². The standard InChI is InChI=1S/C18H16N2O5S/c1-11-16(20-18(25-11)14-4-3-9-26-14)17(22)19-12-5-7-13(8-6-12)24-10-15(21)23-2/h3-9H,10H2,1-2H3,(H,19,22). The number of benzene rings is 1. The second-order valence-electron chi connectivity index (χ2n) is 5.24. The van der Waals surface area contributed by atoms with E-state index in [1.54, 1.807) is 31.2 Å². The predicted octanol–water partition coefficient (Wildman–Crippen LogP) is 3.52. The summed E-state index contributed by atoms with van der Waals surface area (Å²) < 4.78 is 15.3. The van der Waals surface area contributed by atoms with Gasteiger partial charge in [-0.15, -0.1) is 11.3 Å². The van der Waals surface area contributed by atoms with Gasteiger partial charge in [-0.05, 0) is 42.6 Å². The van der Waals surface area contributed by atoms with Crippen LogP contribution in [-0.4, -0.2) is 30.6 Å². The number of nitrogens with one attached hydrogen (secondary N) is 1. The van der Waals surface area contributed by atoms with Gasteiger partial charge in [-0.1, -0.05) is 6.07 Å². The van der Waals surface area contributed by atoms with E-state index in [1.165, 1.54) is 18.4 Å². The molecule has 7 nitrogen and oxygen atoms in total. The molecule has 0 aliphatic carbocycles. The summed E-state index contributed by atoms with van der Waals surface area (Å²) in [5, 5.41) is 4.67. The van der Waals surface area contributed by atoms with Crippen LogP contribution in [0.1, 0.15) is 16.2 Å². The van der Waals surface area contributed by atoms with Gasteiger partial charge in [0.15, 0.2) is 12.3 Å². The minimum atomic E-state index is -0.467. The average Bonchev–Trinajstić information content (AvgIpc) is 3.30. The van der Waals surface area contributed by atoms with E-state index in [0.29, 0.717) is 23.1 Å². The fourth-order valence-electron chi connectivity index (χ4n) is 2.14. The fraction of sp³-hybridized carbons (Fsp3) is 0.167. The molecule has 26 heavy (non-hydrogen) atoms. The lowest BCUT2D eigenvalue weighted by molar-refractivity contribution is -0.142. The summed E-state index contributed by atoms with van der Waals surface area (Å²) in [5.74, 6) is 0.534. The Bertz CT molecular complexity index is 900. The van der Waals surface area contributed by atoms with Crippen LogP contribution in [0.25, 0.3) is 10.8 Å². The number of aromatic nitrogens is 1. The zero-order valence-corrected chi connectivity index (χ0v) is 15.0. The van der Waals surface area contributed by atoms with Gasteiger partial charge < -0.3 is 19.2 Å². The molecule has 0 aliphatic rings. The summed E-state index contributed by atoms with van der Waals surface area (Å²) in [4.78, 5) is 28.6. The Morgan fingerprint density at radius 2 is 2.00 bits per heavy atom. The van der Waals surface area contributed by atoms with Crippen LogP contribution in [0, 0.1) is 6.92 Å². The number of anilines is 1. The first kappa shape index (κ1) is 17.7. The maximum atomic E-state index is 12.4. The Hall–Kier alpha value is -3.13. The number of thiophene rings is 1. The lowest BCUT2D eigenvalue weighted by atomic mass is 10.2. The average molecular weight is 372 g/mol. The zero-order valence-electron chi connectivity index (χ0n) is 14.1. The number of hydrogen-bond acceptors (Lipinski definition) is 7. The largest absolute Gasteiger partial charge is 0.482 e. The van der Waals surface area contributed by atoms with Crippen molar-refractivity contribution in [2.45, 2.75) is 6.92 Å². The number of nitrogens with zero attached hydrogens (tertiary/aromatic N) is 1. The molecule has 1 N–H and O–H groups in total. The van der Waals surface area contributed by atoms with Crippen molar-refractivity contribution >= 4 is 28.9 Å². The summed E-state index contributed by atoms with van der Waals surface area (Å²) >= 11 is 1.49. The number of carbonyl (C=O) groups is 2. The lowest BCUT2D eigenvalue weighted by Gasteiger charge is -2.07. The Kier molecular flexibility index (Phi) is 5.33. The van der Waals surface area contributed by atoms with Crippen LogP contribution >= 0.6 is 11.3 Å². The number of aryl methyl sites for hydroxylation is 1. The number of ether oxygens (including phenoxy) is 2. The Balaban J connectivity index is 1.65. The first-order chi connectivity index (χ1) is 12.6. The molecule has 134 valence electrons. The summed E-state index contributed by atoms with van der Waals surface area (Å²) in [5.41, 5.74) is 0.805. The van der Waals surface area contributed by atoms with E-state index < -0.39 is 5.97 Å². The molecule has 0 atom stereocenters. The van der Waals surface area contributed by atoms with E-state index in [0.717, 1.165) is 4.88 Å². The number of hydrogen-bond donors (Lipinski definition) is 1. The van der Waals surface area contributed by atoms with Crippen LogP contribution in [0.15, 0.2) is 46.2 Å². The summed E-state index contributed by atoms with van der Waals surface area (Å²) in [7, 11) is 1.29. The molecule has 0 saturated carbocycles. The van der Waals surface area contributed by atoms with Crippen molar-refractivity contribution in [1.82, 2.24) is 4.98 Å². The lowest BCUT2D eigenvalue weighted by Crippen LogP contribution is -2.14. The Morgan fingerprint density at radius 3 is 2.65 bits per heavy atom. The molecule has 2 heterocycles. The molecular formula is C18H16N2O5S. The van der Waals surface area contributed by atoms with Crippen LogP contribution in [0.5, 0.6) is 5.75 Å². The van der Waals surface area contributed by atoms with Gasteiger partial charge in [-0.25, -0.2) is 9.78 Å². The van der Waals surface area contributed by atoms with Crippen molar-refractivity contribution in [2.75, 3.05) is 19.0 Å². The Morgan fingerprint density at radius 1 is 1.23 bits per heavy atom. The van der Waals surface area contributed by atoms with Crippen molar-refractivity contribution in [3.8, 4) is 16.5 Å². The van der Waals surface area contributed by atoms with E-state index in [-0.39, 0.29) is 18.2 Å².